The maximum Gasteiger partial charge on any atom is 0.330 e. The van der Waals surface area contributed by atoms with E-state index in [-0.39, 0.29) is 30.6 Å². The number of hydrogen-bond donors (Lipinski definition) is 3. The van der Waals surface area contributed by atoms with Crippen LogP contribution in [-0.2, 0) is 17.8 Å². The van der Waals surface area contributed by atoms with E-state index < -0.39 is 11.2 Å². The minimum absolute atomic E-state index is 0.115. The van der Waals surface area contributed by atoms with Crippen molar-refractivity contribution in [3.63, 3.8) is 0 Å². The molecule has 2 heterocycles. The molecule has 0 radical (unpaired) electrons. The van der Waals surface area contributed by atoms with Crippen molar-refractivity contribution in [2.75, 3.05) is 24.4 Å². The third-order valence-electron chi connectivity index (χ3n) is 4.33. The number of ether oxygens (including phenoxy) is 1. The molecule has 0 aliphatic rings. The molecular formula is C20H22N4O4S. The van der Waals surface area contributed by atoms with Gasteiger partial charge in [-0.2, -0.15) is 0 Å². The van der Waals surface area contributed by atoms with Crippen LogP contribution in [0, 0.1) is 6.92 Å². The monoisotopic (exact) mass is 414 g/mol. The fourth-order valence-corrected chi connectivity index (χ4v) is 3.64. The Morgan fingerprint density at radius 2 is 1.97 bits per heavy atom. The van der Waals surface area contributed by atoms with E-state index in [4.69, 9.17) is 4.74 Å². The number of benzene rings is 1. The van der Waals surface area contributed by atoms with Gasteiger partial charge in [0.1, 0.15) is 11.5 Å². The molecule has 0 atom stereocenters. The Morgan fingerprint density at radius 1 is 1.21 bits per heavy atom. The highest BCUT2D eigenvalue weighted by atomic mass is 32.1. The van der Waals surface area contributed by atoms with Crippen LogP contribution in [0.15, 0.2) is 51.4 Å². The summed E-state index contributed by atoms with van der Waals surface area (Å²) < 4.78 is 6.36. The van der Waals surface area contributed by atoms with Gasteiger partial charge in [-0.15, -0.1) is 11.3 Å². The molecule has 8 nitrogen and oxygen atoms in total. The molecule has 0 aliphatic carbocycles. The second kappa shape index (κ2) is 9.35. The zero-order valence-corrected chi connectivity index (χ0v) is 17.0. The Bertz CT molecular complexity index is 1100. The molecule has 0 aliphatic heterocycles. The van der Waals surface area contributed by atoms with Crippen molar-refractivity contribution in [1.29, 1.82) is 0 Å². The highest BCUT2D eigenvalue weighted by Crippen LogP contribution is 2.21. The van der Waals surface area contributed by atoms with E-state index >= 15 is 0 Å². The van der Waals surface area contributed by atoms with Crippen molar-refractivity contribution in [3.8, 4) is 0 Å². The molecule has 0 bridgehead atoms. The van der Waals surface area contributed by atoms with Gasteiger partial charge in [0.15, 0.2) is 0 Å². The number of amides is 1. The van der Waals surface area contributed by atoms with Crippen molar-refractivity contribution in [3.05, 3.63) is 78.6 Å². The van der Waals surface area contributed by atoms with Crippen molar-refractivity contribution in [2.24, 2.45) is 0 Å². The van der Waals surface area contributed by atoms with Crippen LogP contribution in [-0.4, -0.2) is 29.2 Å². The number of nitrogens with one attached hydrogen (secondary N) is 3. The van der Waals surface area contributed by atoms with Gasteiger partial charge >= 0.3 is 5.69 Å². The predicted molar refractivity (Wildman–Crippen MR) is 114 cm³/mol. The molecule has 0 spiro atoms. The lowest BCUT2D eigenvalue weighted by Gasteiger charge is -2.17. The zero-order valence-electron chi connectivity index (χ0n) is 16.2. The number of rotatable bonds is 8. The van der Waals surface area contributed by atoms with Gasteiger partial charge in [0.2, 0.25) is 0 Å². The molecule has 9 heteroatoms. The van der Waals surface area contributed by atoms with Crippen LogP contribution < -0.4 is 21.9 Å². The molecule has 3 rings (SSSR count). The summed E-state index contributed by atoms with van der Waals surface area (Å²) >= 11 is 1.29. The predicted octanol–water partition coefficient (Wildman–Crippen LogP) is 2.42. The number of anilines is 2. The van der Waals surface area contributed by atoms with E-state index in [1.165, 1.54) is 23.0 Å². The summed E-state index contributed by atoms with van der Waals surface area (Å²) in [7, 11) is 1.51. The number of carbonyl (C=O) groups excluding carboxylic acids is 1. The quantitative estimate of drug-likeness (QED) is 0.525. The van der Waals surface area contributed by atoms with Gasteiger partial charge in [-0.25, -0.2) is 4.79 Å². The number of aryl methyl sites for hydroxylation is 1. The van der Waals surface area contributed by atoms with Crippen LogP contribution >= 0.6 is 11.3 Å². The number of H-pyrrole nitrogens is 1. The van der Waals surface area contributed by atoms with Crippen molar-refractivity contribution >= 4 is 28.7 Å². The van der Waals surface area contributed by atoms with E-state index in [9.17, 15) is 14.4 Å². The molecule has 0 saturated carbocycles. The fourth-order valence-electron chi connectivity index (χ4n) is 2.82. The topological polar surface area (TPSA) is 105 Å². The normalized spacial score (nSPS) is 10.7. The number of thiophene rings is 1. The Balaban J connectivity index is 2.00. The van der Waals surface area contributed by atoms with E-state index in [0.29, 0.717) is 11.4 Å². The van der Waals surface area contributed by atoms with Crippen molar-refractivity contribution in [1.82, 2.24) is 9.55 Å². The molecular weight excluding hydrogens is 392 g/mol. The maximum absolute atomic E-state index is 12.8. The molecule has 0 saturated heterocycles. The number of carbonyl (C=O) groups is 1. The van der Waals surface area contributed by atoms with Crippen LogP contribution in [0.4, 0.5) is 11.5 Å². The average Bonchev–Trinajstić information content (AvgIpc) is 3.14. The summed E-state index contributed by atoms with van der Waals surface area (Å²) in [6.07, 6.45) is 0. The molecule has 0 fully saturated rings. The molecule has 0 unspecified atom stereocenters. The molecule has 3 N–H and O–H groups in total. The van der Waals surface area contributed by atoms with Gasteiger partial charge in [-0.1, -0.05) is 30.3 Å². The standard InChI is InChI=1S/C20H22N4O4S/c1-13-8-11-29-16(13)19(26)22-17-15(21-12-14-6-4-3-5-7-14)18(25)23-20(27)24(17)9-10-28-2/h3-8,11,21H,9-10,12H2,1-2H3,(H,22,26)(H,23,25,27). The molecule has 152 valence electrons. The smallest absolute Gasteiger partial charge is 0.330 e. The second-order valence-electron chi connectivity index (χ2n) is 6.35. The first kappa shape index (κ1) is 20.6. The third-order valence-corrected chi connectivity index (χ3v) is 5.35. The lowest BCUT2D eigenvalue weighted by atomic mass is 10.2. The van der Waals surface area contributed by atoms with Crippen LogP contribution in [0.1, 0.15) is 20.8 Å². The first-order chi connectivity index (χ1) is 14.0. The van der Waals surface area contributed by atoms with Gasteiger partial charge in [0.25, 0.3) is 11.5 Å². The maximum atomic E-state index is 12.8. The minimum atomic E-state index is -0.615. The average molecular weight is 414 g/mol. The Morgan fingerprint density at radius 3 is 2.62 bits per heavy atom. The van der Waals surface area contributed by atoms with Gasteiger partial charge < -0.3 is 15.4 Å². The summed E-state index contributed by atoms with van der Waals surface area (Å²) in [5.41, 5.74) is 0.676. The highest BCUT2D eigenvalue weighted by molar-refractivity contribution is 7.12. The Labute approximate surface area is 171 Å². The summed E-state index contributed by atoms with van der Waals surface area (Å²) in [6.45, 7) is 2.60. The summed E-state index contributed by atoms with van der Waals surface area (Å²) in [6, 6.07) is 11.3. The zero-order chi connectivity index (χ0) is 20.8. The first-order valence-electron chi connectivity index (χ1n) is 9.00. The lowest BCUT2D eigenvalue weighted by Crippen LogP contribution is -2.36. The summed E-state index contributed by atoms with van der Waals surface area (Å²) in [5, 5.41) is 7.61. The number of nitrogens with zero attached hydrogens (tertiary/aromatic N) is 1. The van der Waals surface area contributed by atoms with Crippen LogP contribution in [0.25, 0.3) is 0 Å². The fraction of sp³-hybridized carbons (Fsp3) is 0.250. The van der Waals surface area contributed by atoms with Gasteiger partial charge in [-0.05, 0) is 29.5 Å². The molecule has 2 aromatic heterocycles. The number of aromatic nitrogens is 2. The first-order valence-corrected chi connectivity index (χ1v) is 9.88. The molecule has 29 heavy (non-hydrogen) atoms. The van der Waals surface area contributed by atoms with E-state index in [2.05, 4.69) is 15.6 Å². The van der Waals surface area contributed by atoms with Gasteiger partial charge in [-0.3, -0.25) is 19.1 Å². The Kier molecular flexibility index (Phi) is 6.63. The summed E-state index contributed by atoms with van der Waals surface area (Å²) in [5.74, 6) is -0.263. The Hall–Kier alpha value is -3.17. The van der Waals surface area contributed by atoms with E-state index in [1.807, 2.05) is 48.7 Å². The molecule has 1 amide bonds. The van der Waals surface area contributed by atoms with Crippen LogP contribution in [0.2, 0.25) is 0 Å². The van der Waals surface area contributed by atoms with Crippen molar-refractivity contribution in [2.45, 2.75) is 20.0 Å². The summed E-state index contributed by atoms with van der Waals surface area (Å²) in [4.78, 5) is 40.5. The number of aromatic amines is 1. The second-order valence-corrected chi connectivity index (χ2v) is 7.27. The minimum Gasteiger partial charge on any atom is -0.383 e. The third kappa shape index (κ3) is 4.82. The molecule has 1 aromatic carbocycles. The largest absolute Gasteiger partial charge is 0.383 e. The van der Waals surface area contributed by atoms with Gasteiger partial charge in [0.05, 0.1) is 18.0 Å². The van der Waals surface area contributed by atoms with Crippen LogP contribution in [0.5, 0.6) is 0 Å². The van der Waals surface area contributed by atoms with Crippen molar-refractivity contribution < 1.29 is 9.53 Å². The van der Waals surface area contributed by atoms with Gasteiger partial charge in [0, 0.05) is 13.7 Å². The SMILES string of the molecule is COCCn1c(NC(=O)c2sccc2C)c(NCc2ccccc2)c(=O)[nH]c1=O. The lowest BCUT2D eigenvalue weighted by molar-refractivity contribution is 0.102. The highest BCUT2D eigenvalue weighted by Gasteiger charge is 2.19. The van der Waals surface area contributed by atoms with E-state index in [0.717, 1.165) is 11.1 Å². The number of hydrogen-bond acceptors (Lipinski definition) is 6. The number of methoxy groups -OCH3 is 1. The van der Waals surface area contributed by atoms with Crippen LogP contribution in [0.3, 0.4) is 0 Å². The van der Waals surface area contributed by atoms with E-state index in [1.54, 1.807) is 0 Å². The molecule has 3 aromatic rings.